The first-order valence-electron chi connectivity index (χ1n) is 13.7. The zero-order chi connectivity index (χ0) is 26.9. The Hall–Kier alpha value is -5.19. The molecule has 3 heterocycles. The molecule has 0 bridgehead atoms. The van der Waals surface area contributed by atoms with E-state index in [0.717, 1.165) is 50.7 Å². The number of hydrogen-bond donors (Lipinski definition) is 0. The lowest BCUT2D eigenvalue weighted by Crippen LogP contribution is -2.15. The molecule has 4 heteroatoms. The summed E-state index contributed by atoms with van der Waals surface area (Å²) < 4.78 is 8.91. The van der Waals surface area contributed by atoms with E-state index in [4.69, 9.17) is 9.72 Å². The molecule has 6 aromatic carbocycles. The van der Waals surface area contributed by atoms with Crippen molar-refractivity contribution >= 4 is 70.2 Å². The van der Waals surface area contributed by atoms with E-state index in [-0.39, 0.29) is 0 Å². The molecule has 1 aliphatic heterocycles. The molecule has 0 fully saturated rings. The van der Waals surface area contributed by atoms with E-state index in [1.807, 2.05) is 35.6 Å². The summed E-state index contributed by atoms with van der Waals surface area (Å²) in [5.74, 6) is 1.70. The Kier molecular flexibility index (Phi) is 4.77. The largest absolute Gasteiger partial charge is 0.453 e. The number of anilines is 3. The van der Waals surface area contributed by atoms with Crippen LogP contribution in [0.15, 0.2) is 133 Å². The Balaban J connectivity index is 1.52. The Bertz CT molecular complexity index is 2260. The number of rotatable bonds is 2. The molecule has 0 aliphatic carbocycles. The Morgan fingerprint density at radius 3 is 1.95 bits per heavy atom. The van der Waals surface area contributed by atoms with Crippen LogP contribution in [0.2, 0.25) is 0 Å². The number of nitrogens with zero attached hydrogens (tertiary/aromatic N) is 2. The van der Waals surface area contributed by atoms with Crippen LogP contribution in [0.4, 0.5) is 17.1 Å². The van der Waals surface area contributed by atoms with Gasteiger partial charge in [-0.15, -0.1) is 11.3 Å². The van der Waals surface area contributed by atoms with Gasteiger partial charge in [0.2, 0.25) is 0 Å². The number of fused-ring (bicyclic) bond motifs is 9. The SMILES string of the molecule is c1ccc(-c2nc3ccccc3c3c2cc(N2c4ccccc4Oc4ccccc42)c2sc4ccccc4c23)cc1. The standard InChI is InChI=1S/C37H22N2OS/c1-2-12-23(13-3-1)36-26-22-30(39-28-17-7-9-19-31(28)40-32-20-10-8-18-29(32)39)37-35(25-15-5-11-21-33(25)41-37)34(26)24-14-4-6-16-27(24)38-36/h1-22H. The first-order chi connectivity index (χ1) is 20.3. The lowest BCUT2D eigenvalue weighted by molar-refractivity contribution is 0.477. The molecule has 0 N–H and O–H groups in total. The van der Waals surface area contributed by atoms with E-state index in [1.165, 1.54) is 30.9 Å². The molecule has 0 saturated carbocycles. The number of benzene rings is 6. The van der Waals surface area contributed by atoms with Gasteiger partial charge in [-0.25, -0.2) is 4.98 Å². The van der Waals surface area contributed by atoms with Crippen LogP contribution >= 0.6 is 11.3 Å². The molecule has 0 saturated heterocycles. The van der Waals surface area contributed by atoms with Gasteiger partial charge in [0.1, 0.15) is 0 Å². The molecule has 0 radical (unpaired) electrons. The summed E-state index contributed by atoms with van der Waals surface area (Å²) in [6.45, 7) is 0. The predicted molar refractivity (Wildman–Crippen MR) is 172 cm³/mol. The fourth-order valence-electron chi connectivity index (χ4n) is 6.26. The molecule has 8 aromatic rings. The van der Waals surface area contributed by atoms with E-state index < -0.39 is 0 Å². The second-order valence-electron chi connectivity index (χ2n) is 10.3. The minimum Gasteiger partial charge on any atom is -0.453 e. The molecule has 0 unspecified atom stereocenters. The number of thiophene rings is 1. The smallest absolute Gasteiger partial charge is 0.151 e. The van der Waals surface area contributed by atoms with E-state index in [1.54, 1.807) is 0 Å². The zero-order valence-electron chi connectivity index (χ0n) is 21.9. The van der Waals surface area contributed by atoms with Gasteiger partial charge < -0.3 is 9.64 Å². The van der Waals surface area contributed by atoms with Gasteiger partial charge in [0.25, 0.3) is 0 Å². The van der Waals surface area contributed by atoms with Crippen molar-refractivity contribution in [1.82, 2.24) is 4.98 Å². The maximum Gasteiger partial charge on any atom is 0.151 e. The second-order valence-corrected chi connectivity index (χ2v) is 11.4. The third-order valence-corrected chi connectivity index (χ3v) is 9.20. The van der Waals surface area contributed by atoms with Crippen molar-refractivity contribution in [3.05, 3.63) is 133 Å². The Morgan fingerprint density at radius 2 is 1.17 bits per heavy atom. The highest BCUT2D eigenvalue weighted by atomic mass is 32.1. The molecular formula is C37H22N2OS. The van der Waals surface area contributed by atoms with Gasteiger partial charge in [0, 0.05) is 37.2 Å². The molecule has 1 aliphatic rings. The highest BCUT2D eigenvalue weighted by Crippen LogP contribution is 2.55. The molecule has 0 spiro atoms. The van der Waals surface area contributed by atoms with Crippen molar-refractivity contribution in [2.75, 3.05) is 4.90 Å². The van der Waals surface area contributed by atoms with Crippen molar-refractivity contribution in [2.24, 2.45) is 0 Å². The zero-order valence-corrected chi connectivity index (χ0v) is 22.7. The van der Waals surface area contributed by atoms with Crippen molar-refractivity contribution in [3.63, 3.8) is 0 Å². The lowest BCUT2D eigenvalue weighted by atomic mass is 9.95. The summed E-state index contributed by atoms with van der Waals surface area (Å²) in [6, 6.07) is 46.8. The van der Waals surface area contributed by atoms with Gasteiger partial charge in [-0.2, -0.15) is 0 Å². The van der Waals surface area contributed by atoms with Crippen LogP contribution in [0.1, 0.15) is 0 Å². The maximum atomic E-state index is 6.39. The molecule has 192 valence electrons. The van der Waals surface area contributed by atoms with E-state index in [2.05, 4.69) is 114 Å². The highest BCUT2D eigenvalue weighted by Gasteiger charge is 2.29. The van der Waals surface area contributed by atoms with Crippen LogP contribution in [-0.4, -0.2) is 4.98 Å². The minimum absolute atomic E-state index is 0.848. The molecule has 3 nitrogen and oxygen atoms in total. The van der Waals surface area contributed by atoms with Crippen molar-refractivity contribution in [3.8, 4) is 22.8 Å². The lowest BCUT2D eigenvalue weighted by Gasteiger charge is -2.33. The van der Waals surface area contributed by atoms with Crippen LogP contribution in [-0.2, 0) is 0 Å². The number of para-hydroxylation sites is 5. The monoisotopic (exact) mass is 542 g/mol. The number of aromatic nitrogens is 1. The third-order valence-electron chi connectivity index (χ3n) is 8.01. The normalized spacial score (nSPS) is 12.5. The summed E-state index contributed by atoms with van der Waals surface area (Å²) in [4.78, 5) is 7.65. The van der Waals surface area contributed by atoms with Crippen LogP contribution in [0.5, 0.6) is 11.5 Å². The summed E-state index contributed by atoms with van der Waals surface area (Å²) in [5.41, 5.74) is 6.29. The fraction of sp³-hybridized carbons (Fsp3) is 0. The first-order valence-corrected chi connectivity index (χ1v) is 14.5. The molecule has 9 rings (SSSR count). The summed E-state index contributed by atoms with van der Waals surface area (Å²) in [7, 11) is 0. The summed E-state index contributed by atoms with van der Waals surface area (Å²) in [5, 5.41) is 6.10. The minimum atomic E-state index is 0.848. The van der Waals surface area contributed by atoms with Gasteiger partial charge in [-0.05, 0) is 42.5 Å². The number of pyridine rings is 1. The van der Waals surface area contributed by atoms with Crippen molar-refractivity contribution in [1.29, 1.82) is 0 Å². The van der Waals surface area contributed by atoms with Gasteiger partial charge in [0.15, 0.2) is 11.5 Å². The molecule has 0 amide bonds. The van der Waals surface area contributed by atoms with Crippen LogP contribution < -0.4 is 9.64 Å². The fourth-order valence-corrected chi connectivity index (χ4v) is 7.47. The average molecular weight is 543 g/mol. The first kappa shape index (κ1) is 22.6. The van der Waals surface area contributed by atoms with Gasteiger partial charge >= 0.3 is 0 Å². The van der Waals surface area contributed by atoms with Gasteiger partial charge in [0.05, 0.1) is 33.0 Å². The van der Waals surface area contributed by atoms with Gasteiger partial charge in [-0.3, -0.25) is 0 Å². The van der Waals surface area contributed by atoms with Crippen LogP contribution in [0.25, 0.3) is 53.1 Å². The van der Waals surface area contributed by atoms with Crippen LogP contribution in [0, 0.1) is 0 Å². The van der Waals surface area contributed by atoms with Crippen molar-refractivity contribution in [2.45, 2.75) is 0 Å². The molecular weight excluding hydrogens is 520 g/mol. The summed E-state index contributed by atoms with van der Waals surface area (Å²) >= 11 is 1.85. The Morgan fingerprint density at radius 1 is 0.537 bits per heavy atom. The van der Waals surface area contributed by atoms with Gasteiger partial charge in [-0.1, -0.05) is 91.0 Å². The quantitative estimate of drug-likeness (QED) is 0.203. The number of hydrogen-bond acceptors (Lipinski definition) is 4. The average Bonchev–Trinajstić information content (AvgIpc) is 3.43. The molecule has 0 atom stereocenters. The van der Waals surface area contributed by atoms with E-state index in [0.29, 0.717) is 0 Å². The second kappa shape index (κ2) is 8.65. The highest BCUT2D eigenvalue weighted by molar-refractivity contribution is 7.26. The predicted octanol–water partition coefficient (Wildman–Crippen LogP) is 11.0. The van der Waals surface area contributed by atoms with Crippen molar-refractivity contribution < 1.29 is 4.74 Å². The van der Waals surface area contributed by atoms with E-state index in [9.17, 15) is 0 Å². The maximum absolute atomic E-state index is 6.39. The summed E-state index contributed by atoms with van der Waals surface area (Å²) in [6.07, 6.45) is 0. The molecule has 41 heavy (non-hydrogen) atoms. The third kappa shape index (κ3) is 3.28. The number of ether oxygens (including phenoxy) is 1. The Labute approximate surface area is 240 Å². The molecule has 2 aromatic heterocycles. The van der Waals surface area contributed by atoms with Crippen LogP contribution in [0.3, 0.4) is 0 Å². The van der Waals surface area contributed by atoms with E-state index >= 15 is 0 Å². The topological polar surface area (TPSA) is 25.4 Å².